The second-order valence-electron chi connectivity index (χ2n) is 5.94. The van der Waals surface area contributed by atoms with E-state index in [-0.39, 0.29) is 41.0 Å². The highest BCUT2D eigenvalue weighted by Gasteiger charge is 2.19. The predicted molar refractivity (Wildman–Crippen MR) is 100 cm³/mol. The second kappa shape index (κ2) is 8.49. The van der Waals surface area contributed by atoms with Crippen molar-refractivity contribution in [1.29, 1.82) is 0 Å². The van der Waals surface area contributed by atoms with Gasteiger partial charge < -0.3 is 31.6 Å². The van der Waals surface area contributed by atoms with Crippen molar-refractivity contribution < 1.29 is 18.7 Å². The maximum atomic E-state index is 14.3. The van der Waals surface area contributed by atoms with Crippen molar-refractivity contribution in [2.75, 3.05) is 24.9 Å². The minimum Gasteiger partial charge on any atom is -0.481 e. The van der Waals surface area contributed by atoms with Gasteiger partial charge in [0.05, 0.1) is 25.5 Å². The third kappa shape index (κ3) is 4.94. The molecule has 0 spiro atoms. The minimum absolute atomic E-state index is 0.0553. The summed E-state index contributed by atoms with van der Waals surface area (Å²) in [5.41, 5.74) is 11.5. The van der Waals surface area contributed by atoms with Crippen LogP contribution in [0.4, 0.5) is 21.7 Å². The fourth-order valence-electron chi connectivity index (χ4n) is 2.12. The summed E-state index contributed by atoms with van der Waals surface area (Å²) < 4.78 is 24.5. The zero-order valence-corrected chi connectivity index (χ0v) is 15.5. The van der Waals surface area contributed by atoms with Crippen molar-refractivity contribution in [1.82, 2.24) is 9.97 Å². The van der Waals surface area contributed by atoms with Crippen LogP contribution in [-0.2, 0) is 0 Å². The van der Waals surface area contributed by atoms with Gasteiger partial charge in [-0.25, -0.2) is 9.37 Å². The molecule has 2 rings (SSSR count). The lowest BCUT2D eigenvalue weighted by Crippen LogP contribution is -2.35. The van der Waals surface area contributed by atoms with Gasteiger partial charge in [-0.05, 0) is 19.9 Å². The van der Waals surface area contributed by atoms with Crippen LogP contribution in [0.2, 0.25) is 0 Å². The summed E-state index contributed by atoms with van der Waals surface area (Å²) in [6.07, 6.45) is 0. The summed E-state index contributed by atoms with van der Waals surface area (Å²) >= 11 is 0. The quantitative estimate of drug-likeness (QED) is 0.544. The molecule has 146 valence electrons. The van der Waals surface area contributed by atoms with Crippen LogP contribution in [0.5, 0.6) is 11.8 Å². The van der Waals surface area contributed by atoms with E-state index in [0.29, 0.717) is 5.69 Å². The summed E-state index contributed by atoms with van der Waals surface area (Å²) in [6, 6.07) is 3.66. The first-order valence-electron chi connectivity index (χ1n) is 8.14. The Hall–Kier alpha value is -3.14. The van der Waals surface area contributed by atoms with Crippen LogP contribution in [0.1, 0.15) is 24.2 Å². The lowest BCUT2D eigenvalue weighted by atomic mass is 10.1. The van der Waals surface area contributed by atoms with Crippen molar-refractivity contribution in [2.24, 2.45) is 11.5 Å². The van der Waals surface area contributed by atoms with Crippen LogP contribution in [0.15, 0.2) is 18.2 Å². The molecular formula is C17H23FN6O3. The number of pyridine rings is 2. The number of carbonyl (C=O) groups excluding carboxylic acids is 1. The lowest BCUT2D eigenvalue weighted by Gasteiger charge is -2.20. The van der Waals surface area contributed by atoms with E-state index >= 15 is 0 Å². The zero-order valence-electron chi connectivity index (χ0n) is 15.5. The molecule has 9 nitrogen and oxygen atoms in total. The Bertz CT molecular complexity index is 808. The molecule has 2 aromatic heterocycles. The first-order chi connectivity index (χ1) is 12.7. The van der Waals surface area contributed by atoms with Gasteiger partial charge in [0.2, 0.25) is 11.8 Å². The zero-order chi connectivity index (χ0) is 20.1. The first-order valence-corrected chi connectivity index (χ1v) is 8.14. The number of carbonyl (C=O) groups is 1. The Morgan fingerprint density at radius 2 is 1.70 bits per heavy atom. The second-order valence-corrected chi connectivity index (χ2v) is 5.94. The molecule has 1 amide bonds. The first kappa shape index (κ1) is 20.2. The molecular weight excluding hydrogens is 355 g/mol. The topological polar surface area (TPSA) is 137 Å². The van der Waals surface area contributed by atoms with E-state index in [2.05, 4.69) is 20.6 Å². The number of hydrogen-bond donors (Lipinski definition) is 4. The number of rotatable bonds is 8. The molecule has 2 atom stereocenters. The van der Waals surface area contributed by atoms with Gasteiger partial charge in [0.15, 0.2) is 11.6 Å². The molecule has 10 heteroatoms. The van der Waals surface area contributed by atoms with E-state index in [9.17, 15) is 9.18 Å². The van der Waals surface area contributed by atoms with Crippen molar-refractivity contribution in [3.8, 4) is 11.8 Å². The summed E-state index contributed by atoms with van der Waals surface area (Å²) in [5, 5.41) is 5.81. The Labute approximate surface area is 156 Å². The van der Waals surface area contributed by atoms with Crippen LogP contribution in [0, 0.1) is 5.82 Å². The number of nitrogens with zero attached hydrogens (tertiary/aromatic N) is 2. The normalized spacial score (nSPS) is 12.8. The molecule has 2 aromatic rings. The Morgan fingerprint density at radius 3 is 2.19 bits per heavy atom. The molecule has 0 bridgehead atoms. The summed E-state index contributed by atoms with van der Waals surface area (Å²) in [4.78, 5) is 20.0. The Kier molecular flexibility index (Phi) is 6.35. The largest absolute Gasteiger partial charge is 0.481 e. The Morgan fingerprint density at radius 1 is 1.11 bits per heavy atom. The standard InChI is InChI=1S/C17H23FN6O3/c1-8(19)9(2)21-17-12(18)7-11(15(20)25)16(24-17)22-10-5-13(26-3)23-14(6-10)27-4/h5-9H,19H2,1-4H3,(H2,20,25)(H2,21,22,23,24)/t8-,9+/m0/s1. The molecule has 0 aliphatic rings. The smallest absolute Gasteiger partial charge is 0.252 e. The van der Waals surface area contributed by atoms with Gasteiger partial charge in [-0.1, -0.05) is 0 Å². The maximum Gasteiger partial charge on any atom is 0.252 e. The number of nitrogens with one attached hydrogen (secondary N) is 2. The van der Waals surface area contributed by atoms with Gasteiger partial charge >= 0.3 is 0 Å². The molecule has 0 saturated heterocycles. The van der Waals surface area contributed by atoms with Gasteiger partial charge in [-0.15, -0.1) is 0 Å². The summed E-state index contributed by atoms with van der Waals surface area (Å²) in [7, 11) is 2.90. The number of nitrogens with two attached hydrogens (primary N) is 2. The molecule has 27 heavy (non-hydrogen) atoms. The third-order valence-electron chi connectivity index (χ3n) is 3.85. The number of aromatic nitrogens is 2. The number of ether oxygens (including phenoxy) is 2. The average molecular weight is 378 g/mol. The number of amides is 1. The average Bonchev–Trinajstić information content (AvgIpc) is 2.63. The monoisotopic (exact) mass is 378 g/mol. The summed E-state index contributed by atoms with van der Waals surface area (Å²) in [6.45, 7) is 3.57. The van der Waals surface area contributed by atoms with E-state index in [1.165, 1.54) is 14.2 Å². The van der Waals surface area contributed by atoms with Crippen LogP contribution in [0.25, 0.3) is 0 Å². The van der Waals surface area contributed by atoms with E-state index in [1.54, 1.807) is 26.0 Å². The van der Waals surface area contributed by atoms with Gasteiger partial charge in [0.1, 0.15) is 5.82 Å². The van der Waals surface area contributed by atoms with Crippen LogP contribution < -0.4 is 31.6 Å². The molecule has 0 unspecified atom stereocenters. The molecule has 0 aromatic carbocycles. The van der Waals surface area contributed by atoms with Crippen LogP contribution in [0.3, 0.4) is 0 Å². The van der Waals surface area contributed by atoms with Gasteiger partial charge in [-0.3, -0.25) is 4.79 Å². The molecule has 0 radical (unpaired) electrons. The molecule has 0 fully saturated rings. The van der Waals surface area contributed by atoms with Crippen LogP contribution >= 0.6 is 0 Å². The van der Waals surface area contributed by atoms with E-state index in [4.69, 9.17) is 20.9 Å². The number of hydrogen-bond acceptors (Lipinski definition) is 8. The number of methoxy groups -OCH3 is 2. The van der Waals surface area contributed by atoms with Gasteiger partial charge in [0.25, 0.3) is 5.91 Å². The van der Waals surface area contributed by atoms with Crippen molar-refractivity contribution in [3.05, 3.63) is 29.6 Å². The predicted octanol–water partition coefficient (Wildman–Crippen LogP) is 1.62. The lowest BCUT2D eigenvalue weighted by molar-refractivity contribution is 0.100. The fraction of sp³-hybridized carbons (Fsp3) is 0.353. The third-order valence-corrected chi connectivity index (χ3v) is 3.85. The number of primary amides is 1. The highest BCUT2D eigenvalue weighted by Crippen LogP contribution is 2.27. The number of halogens is 1. The molecule has 6 N–H and O–H groups in total. The molecule has 0 aliphatic heterocycles. The number of anilines is 3. The van der Waals surface area contributed by atoms with E-state index < -0.39 is 11.7 Å². The maximum absolute atomic E-state index is 14.3. The molecule has 2 heterocycles. The van der Waals surface area contributed by atoms with E-state index in [0.717, 1.165) is 6.07 Å². The highest BCUT2D eigenvalue weighted by atomic mass is 19.1. The fourth-order valence-corrected chi connectivity index (χ4v) is 2.12. The van der Waals surface area contributed by atoms with Crippen molar-refractivity contribution in [2.45, 2.75) is 25.9 Å². The SMILES string of the molecule is COc1cc(Nc2nc(N[C@H](C)[C@H](C)N)c(F)cc2C(N)=O)cc(OC)n1. The van der Waals surface area contributed by atoms with Crippen LogP contribution in [-0.4, -0.2) is 42.2 Å². The van der Waals surface area contributed by atoms with Crippen molar-refractivity contribution in [3.63, 3.8) is 0 Å². The van der Waals surface area contributed by atoms with Gasteiger partial charge in [0, 0.05) is 24.2 Å². The van der Waals surface area contributed by atoms with Crippen molar-refractivity contribution >= 4 is 23.2 Å². The summed E-state index contributed by atoms with van der Waals surface area (Å²) in [5.74, 6) is -0.971. The molecule has 0 saturated carbocycles. The molecule has 0 aliphatic carbocycles. The highest BCUT2D eigenvalue weighted by molar-refractivity contribution is 5.98. The minimum atomic E-state index is -0.830. The van der Waals surface area contributed by atoms with Gasteiger partial charge in [-0.2, -0.15) is 4.98 Å². The Balaban J connectivity index is 2.46. The van der Waals surface area contributed by atoms with E-state index in [1.807, 2.05) is 0 Å².